The monoisotopic (exact) mass is 449 g/mol. The van der Waals surface area contributed by atoms with Crippen LogP contribution in [0.3, 0.4) is 0 Å². The first kappa shape index (κ1) is 21.2. The summed E-state index contributed by atoms with van der Waals surface area (Å²) in [6.45, 7) is 2.70. The van der Waals surface area contributed by atoms with Gasteiger partial charge in [0.15, 0.2) is 0 Å². The van der Waals surface area contributed by atoms with Gasteiger partial charge in [0.05, 0.1) is 22.7 Å². The van der Waals surface area contributed by atoms with E-state index < -0.39 is 0 Å². The van der Waals surface area contributed by atoms with Crippen LogP contribution in [0.15, 0.2) is 77.9 Å². The second-order valence-corrected chi connectivity index (χ2v) is 8.12. The first-order valence-corrected chi connectivity index (χ1v) is 10.7. The van der Waals surface area contributed by atoms with Crippen molar-refractivity contribution >= 4 is 46.2 Å². The third-order valence-corrected chi connectivity index (χ3v) is 5.93. The highest BCUT2D eigenvalue weighted by molar-refractivity contribution is 6.42. The number of carbonyl (C=O) groups excluding carboxylic acids is 1. The van der Waals surface area contributed by atoms with Gasteiger partial charge in [-0.05, 0) is 36.2 Å². The Morgan fingerprint density at radius 3 is 2.48 bits per heavy atom. The van der Waals surface area contributed by atoms with E-state index in [1.165, 1.54) is 0 Å². The molecule has 1 N–H and O–H groups in total. The van der Waals surface area contributed by atoms with Crippen molar-refractivity contribution in [3.63, 3.8) is 0 Å². The number of hydrogen-bond donors (Lipinski definition) is 1. The number of rotatable bonds is 6. The maximum Gasteiger partial charge on any atom is 0.244 e. The smallest absolute Gasteiger partial charge is 0.244 e. The third-order valence-electron chi connectivity index (χ3n) is 5.19. The van der Waals surface area contributed by atoms with E-state index in [1.807, 2.05) is 67.6 Å². The maximum absolute atomic E-state index is 12.2. The number of nitrogens with one attached hydrogen (secondary N) is 1. The normalized spacial score (nSPS) is 11.3. The number of amides is 1. The van der Waals surface area contributed by atoms with Crippen LogP contribution in [0.2, 0.25) is 10.0 Å². The summed E-state index contributed by atoms with van der Waals surface area (Å²) in [7, 11) is 0. The molecular formula is C25H21Cl2N3O. The van der Waals surface area contributed by atoms with Gasteiger partial charge in [0.2, 0.25) is 5.91 Å². The number of aromatic nitrogens is 1. The minimum absolute atomic E-state index is 0.153. The Balaban J connectivity index is 1.58. The molecule has 31 heavy (non-hydrogen) atoms. The molecule has 0 spiro atoms. The van der Waals surface area contributed by atoms with Crippen molar-refractivity contribution in [1.82, 2.24) is 9.99 Å². The number of halogens is 2. The van der Waals surface area contributed by atoms with Gasteiger partial charge < -0.3 is 4.57 Å². The molecule has 0 saturated carbocycles. The Morgan fingerprint density at radius 1 is 0.968 bits per heavy atom. The van der Waals surface area contributed by atoms with Crippen molar-refractivity contribution in [3.8, 4) is 0 Å². The summed E-state index contributed by atoms with van der Waals surface area (Å²) in [5.74, 6) is -0.153. The number of hydrogen-bond acceptors (Lipinski definition) is 2. The van der Waals surface area contributed by atoms with E-state index in [-0.39, 0.29) is 12.3 Å². The van der Waals surface area contributed by atoms with Crippen molar-refractivity contribution in [2.45, 2.75) is 19.9 Å². The highest BCUT2D eigenvalue weighted by atomic mass is 35.5. The fourth-order valence-electron chi connectivity index (χ4n) is 3.63. The molecule has 4 aromatic rings. The van der Waals surface area contributed by atoms with Crippen LogP contribution in [0.4, 0.5) is 0 Å². The minimum atomic E-state index is -0.153. The lowest BCUT2D eigenvalue weighted by atomic mass is 10.1. The Kier molecular flexibility index (Phi) is 6.40. The molecule has 0 radical (unpaired) electrons. The second-order valence-electron chi connectivity index (χ2n) is 7.31. The van der Waals surface area contributed by atoms with Gasteiger partial charge in [0.25, 0.3) is 0 Å². The van der Waals surface area contributed by atoms with Crippen molar-refractivity contribution < 1.29 is 4.79 Å². The molecule has 1 aromatic heterocycles. The van der Waals surface area contributed by atoms with E-state index in [4.69, 9.17) is 23.2 Å². The van der Waals surface area contributed by atoms with Crippen molar-refractivity contribution in [2.75, 3.05) is 0 Å². The van der Waals surface area contributed by atoms with Crippen LogP contribution in [0, 0.1) is 6.92 Å². The summed E-state index contributed by atoms with van der Waals surface area (Å²) in [4.78, 5) is 12.2. The largest absolute Gasteiger partial charge is 0.340 e. The maximum atomic E-state index is 12.2. The molecule has 1 amide bonds. The molecule has 0 fully saturated rings. The summed E-state index contributed by atoms with van der Waals surface area (Å²) >= 11 is 12.3. The number of nitrogens with zero attached hydrogens (tertiary/aromatic N) is 2. The Labute approximate surface area is 191 Å². The average Bonchev–Trinajstić information content (AvgIpc) is 3.03. The lowest BCUT2D eigenvalue weighted by molar-refractivity contribution is -0.120. The van der Waals surface area contributed by atoms with Crippen molar-refractivity contribution in [2.24, 2.45) is 5.10 Å². The fourth-order valence-corrected chi connectivity index (χ4v) is 3.96. The highest BCUT2D eigenvalue weighted by Crippen LogP contribution is 2.27. The molecule has 156 valence electrons. The fraction of sp³-hybridized carbons (Fsp3) is 0.120. The topological polar surface area (TPSA) is 46.4 Å². The Bertz CT molecular complexity index is 1260. The van der Waals surface area contributed by atoms with E-state index in [1.54, 1.807) is 6.21 Å². The number of hydrazone groups is 1. The number of benzene rings is 3. The van der Waals surface area contributed by atoms with Crippen LogP contribution in [0.1, 0.15) is 22.4 Å². The summed E-state index contributed by atoms with van der Waals surface area (Å²) < 4.78 is 2.21. The SMILES string of the molecule is Cc1c(/C=N\NC(=O)Cc2ccccc2)c2ccccc2n1Cc1ccc(Cl)c(Cl)c1. The minimum Gasteiger partial charge on any atom is -0.340 e. The highest BCUT2D eigenvalue weighted by Gasteiger charge is 2.13. The first-order valence-electron chi connectivity index (χ1n) is 9.90. The van der Waals surface area contributed by atoms with E-state index in [0.717, 1.165) is 33.3 Å². The van der Waals surface area contributed by atoms with Crippen LogP contribution in [-0.2, 0) is 17.8 Å². The van der Waals surface area contributed by atoms with Gasteiger partial charge >= 0.3 is 0 Å². The summed E-state index contributed by atoms with van der Waals surface area (Å²) in [6, 6.07) is 23.4. The lowest BCUT2D eigenvalue weighted by Crippen LogP contribution is -2.19. The predicted octanol–water partition coefficient (Wildman–Crippen LogP) is 6.00. The molecule has 0 unspecified atom stereocenters. The number of para-hydroxylation sites is 1. The average molecular weight is 450 g/mol. The van der Waals surface area contributed by atoms with Gasteiger partial charge in [-0.25, -0.2) is 5.43 Å². The van der Waals surface area contributed by atoms with Crippen LogP contribution in [0.25, 0.3) is 10.9 Å². The zero-order chi connectivity index (χ0) is 21.8. The van der Waals surface area contributed by atoms with Gasteiger partial charge in [0, 0.05) is 28.7 Å². The molecular weight excluding hydrogens is 429 g/mol. The molecule has 6 heteroatoms. The summed E-state index contributed by atoms with van der Waals surface area (Å²) in [6.07, 6.45) is 2.00. The molecule has 0 saturated heterocycles. The molecule has 4 nitrogen and oxygen atoms in total. The van der Waals surface area contributed by atoms with Crippen LogP contribution in [0.5, 0.6) is 0 Å². The summed E-state index contributed by atoms with van der Waals surface area (Å²) in [5, 5.41) is 6.37. The van der Waals surface area contributed by atoms with Crippen LogP contribution < -0.4 is 5.43 Å². The van der Waals surface area contributed by atoms with Crippen LogP contribution >= 0.6 is 23.2 Å². The van der Waals surface area contributed by atoms with Gasteiger partial charge in [-0.15, -0.1) is 0 Å². The second kappa shape index (κ2) is 9.38. The van der Waals surface area contributed by atoms with E-state index in [2.05, 4.69) is 27.2 Å². The number of fused-ring (bicyclic) bond motifs is 1. The van der Waals surface area contributed by atoms with Gasteiger partial charge in [-0.3, -0.25) is 4.79 Å². The molecule has 0 aliphatic heterocycles. The van der Waals surface area contributed by atoms with E-state index in [9.17, 15) is 4.79 Å². The zero-order valence-electron chi connectivity index (χ0n) is 17.0. The standard InChI is InChI=1S/C25H21Cl2N3O/c1-17-21(15-28-29-25(31)14-18-7-3-2-4-8-18)20-9-5-6-10-24(20)30(17)16-19-11-12-22(26)23(27)13-19/h2-13,15H,14,16H2,1H3,(H,29,31)/b28-15-. The Morgan fingerprint density at radius 2 is 1.71 bits per heavy atom. The molecule has 0 aliphatic rings. The molecule has 3 aromatic carbocycles. The first-order chi connectivity index (χ1) is 15.0. The predicted molar refractivity (Wildman–Crippen MR) is 128 cm³/mol. The van der Waals surface area contributed by atoms with Gasteiger partial charge in [-0.1, -0.05) is 77.8 Å². The Hall–Kier alpha value is -3.08. The van der Waals surface area contributed by atoms with E-state index in [0.29, 0.717) is 16.6 Å². The molecule has 1 heterocycles. The molecule has 4 rings (SSSR count). The summed E-state index contributed by atoms with van der Waals surface area (Å²) in [5.41, 5.74) is 7.74. The molecule has 0 bridgehead atoms. The van der Waals surface area contributed by atoms with Crippen molar-refractivity contribution in [3.05, 3.63) is 105 Å². The van der Waals surface area contributed by atoms with Crippen molar-refractivity contribution in [1.29, 1.82) is 0 Å². The third kappa shape index (κ3) is 4.82. The number of carbonyl (C=O) groups is 1. The lowest BCUT2D eigenvalue weighted by Gasteiger charge is -2.09. The van der Waals surface area contributed by atoms with Gasteiger partial charge in [0.1, 0.15) is 0 Å². The van der Waals surface area contributed by atoms with E-state index >= 15 is 0 Å². The molecule has 0 atom stereocenters. The van der Waals surface area contributed by atoms with Crippen LogP contribution in [-0.4, -0.2) is 16.7 Å². The molecule has 0 aliphatic carbocycles. The zero-order valence-corrected chi connectivity index (χ0v) is 18.5. The quantitative estimate of drug-likeness (QED) is 0.284. The van der Waals surface area contributed by atoms with Gasteiger partial charge in [-0.2, -0.15) is 5.10 Å².